The highest BCUT2D eigenvalue weighted by Gasteiger charge is 2.29. The van der Waals surface area contributed by atoms with Gasteiger partial charge in [-0.05, 0) is 58.3 Å². The summed E-state index contributed by atoms with van der Waals surface area (Å²) in [6, 6.07) is -1.10. The van der Waals surface area contributed by atoms with Gasteiger partial charge >= 0.3 is 0 Å². The molecule has 0 saturated carbocycles. The molecule has 372 valence electrons. The minimum atomic E-state index is -4.68. The molecule has 1 amide bonds. The molecule has 10 heteroatoms. The van der Waals surface area contributed by atoms with E-state index in [0.717, 1.165) is 44.9 Å². The van der Waals surface area contributed by atoms with Gasteiger partial charge in [-0.2, -0.15) is 0 Å². The molecule has 0 saturated heterocycles. The molecule has 0 aromatic carbocycles. The number of amides is 1. The molecule has 0 aromatic rings. The van der Waals surface area contributed by atoms with Crippen LogP contribution in [0.25, 0.3) is 0 Å². The normalized spacial score (nSPS) is 14.9. The summed E-state index contributed by atoms with van der Waals surface area (Å²) < 4.78 is 23.2. The SMILES string of the molecule is C/C=C/CC/C=C/CC/C=C/CCCC(O)C(O)C(COP(=O)([O-])OCC[N+](C)(C)C)NC(=O)CCCCCCCCCCCCCCCCCCCCCCCCCCCCC. The Morgan fingerprint density at radius 1 is 0.587 bits per heavy atom. The summed E-state index contributed by atoms with van der Waals surface area (Å²) in [6.07, 6.45) is 52.3. The topological polar surface area (TPSA) is 128 Å². The van der Waals surface area contributed by atoms with E-state index < -0.39 is 32.7 Å². The Balaban J connectivity index is 4.20. The van der Waals surface area contributed by atoms with Crippen LogP contribution in [0, 0.1) is 0 Å². The minimum absolute atomic E-state index is 0.0491. The molecule has 4 atom stereocenters. The van der Waals surface area contributed by atoms with Crippen LogP contribution in [0.3, 0.4) is 0 Å². The van der Waals surface area contributed by atoms with Crippen LogP contribution in [0.2, 0.25) is 0 Å². The van der Waals surface area contributed by atoms with Gasteiger partial charge in [0.1, 0.15) is 19.3 Å². The maximum atomic E-state index is 12.9. The van der Waals surface area contributed by atoms with Gasteiger partial charge in [0.05, 0.1) is 39.9 Å². The quantitative estimate of drug-likeness (QED) is 0.0240. The van der Waals surface area contributed by atoms with E-state index >= 15 is 0 Å². The number of nitrogens with one attached hydrogen (secondary N) is 1. The Bertz CT molecular complexity index is 1140. The van der Waals surface area contributed by atoms with E-state index in [0.29, 0.717) is 30.3 Å². The van der Waals surface area contributed by atoms with Crippen LogP contribution >= 0.6 is 7.82 Å². The van der Waals surface area contributed by atoms with E-state index in [1.807, 2.05) is 28.1 Å². The monoisotopic (exact) mass is 911 g/mol. The number of likely N-dealkylation sites (N-methyl/N-ethyl adjacent to an activating group) is 1. The number of allylic oxidation sites excluding steroid dienone is 6. The van der Waals surface area contributed by atoms with Crippen molar-refractivity contribution in [1.29, 1.82) is 0 Å². The number of unbranched alkanes of at least 4 members (excludes halogenated alkanes) is 29. The number of carbonyl (C=O) groups is 1. The van der Waals surface area contributed by atoms with E-state index in [-0.39, 0.29) is 18.9 Å². The van der Waals surface area contributed by atoms with Crippen molar-refractivity contribution in [3.05, 3.63) is 36.5 Å². The van der Waals surface area contributed by atoms with Crippen LogP contribution < -0.4 is 10.2 Å². The lowest BCUT2D eigenvalue weighted by Gasteiger charge is -2.31. The molecule has 3 N–H and O–H groups in total. The molecular weight excluding hydrogens is 808 g/mol. The Morgan fingerprint density at radius 3 is 1.37 bits per heavy atom. The van der Waals surface area contributed by atoms with Gasteiger partial charge in [0.25, 0.3) is 7.82 Å². The highest BCUT2D eigenvalue weighted by Crippen LogP contribution is 2.38. The largest absolute Gasteiger partial charge is 0.756 e. The van der Waals surface area contributed by atoms with Crippen molar-refractivity contribution < 1.29 is 38.0 Å². The van der Waals surface area contributed by atoms with E-state index in [4.69, 9.17) is 9.05 Å². The first-order valence-electron chi connectivity index (χ1n) is 26.4. The average molecular weight is 911 g/mol. The second-order valence-electron chi connectivity index (χ2n) is 19.4. The lowest BCUT2D eigenvalue weighted by atomic mass is 10.0. The van der Waals surface area contributed by atoms with E-state index in [1.54, 1.807) is 0 Å². The molecule has 0 spiro atoms. The zero-order valence-electron chi connectivity index (χ0n) is 41.9. The molecular formula is C53H103N2O7P. The fourth-order valence-electron chi connectivity index (χ4n) is 7.82. The van der Waals surface area contributed by atoms with Crippen molar-refractivity contribution in [3.63, 3.8) is 0 Å². The first-order chi connectivity index (χ1) is 30.4. The number of aliphatic hydroxyl groups excluding tert-OH is 2. The summed E-state index contributed by atoms with van der Waals surface area (Å²) in [6.45, 7) is 4.21. The average Bonchev–Trinajstić information content (AvgIpc) is 3.24. The van der Waals surface area contributed by atoms with Crippen molar-refractivity contribution >= 4 is 13.7 Å². The summed E-state index contributed by atoms with van der Waals surface area (Å²) >= 11 is 0. The number of nitrogens with zero attached hydrogens (tertiary/aromatic N) is 1. The standard InChI is InChI=1S/C53H103N2O7P/c1-6-8-10-12-14-16-18-20-21-22-23-24-25-26-27-28-29-30-31-32-33-34-36-38-40-42-44-46-52(57)54-50(49-62-63(59,60)61-48-47-55(3,4)5)53(58)51(56)45-43-41-39-37-35-19-17-15-13-11-9-7-2/h7,9,15,17,37,39,50-51,53,56,58H,6,8,10-14,16,18-36,38,40-49H2,1-5H3,(H-,54,57,59,60)/b9-7+,17-15+,39-37+. The number of quaternary nitrogens is 1. The highest BCUT2D eigenvalue weighted by molar-refractivity contribution is 7.45. The zero-order chi connectivity index (χ0) is 46.5. The van der Waals surface area contributed by atoms with Gasteiger partial charge in [-0.1, -0.05) is 210 Å². The van der Waals surface area contributed by atoms with E-state index in [9.17, 15) is 24.5 Å². The maximum Gasteiger partial charge on any atom is 0.268 e. The number of hydrogen-bond acceptors (Lipinski definition) is 7. The third kappa shape index (κ3) is 45.6. The second kappa shape index (κ2) is 44.5. The zero-order valence-corrected chi connectivity index (χ0v) is 42.8. The summed E-state index contributed by atoms with van der Waals surface area (Å²) in [5, 5.41) is 24.6. The second-order valence-corrected chi connectivity index (χ2v) is 20.8. The van der Waals surface area contributed by atoms with Crippen molar-refractivity contribution in [2.45, 2.75) is 257 Å². The van der Waals surface area contributed by atoms with Crippen molar-refractivity contribution in [3.8, 4) is 0 Å². The predicted octanol–water partition coefficient (Wildman–Crippen LogP) is 13.8. The molecule has 0 aliphatic heterocycles. The van der Waals surface area contributed by atoms with Gasteiger partial charge in [-0.25, -0.2) is 0 Å². The first-order valence-corrected chi connectivity index (χ1v) is 27.8. The number of hydrogen-bond donors (Lipinski definition) is 3. The van der Waals surface area contributed by atoms with Gasteiger partial charge in [-0.3, -0.25) is 9.36 Å². The third-order valence-corrected chi connectivity index (χ3v) is 13.0. The number of carbonyl (C=O) groups excluding carboxylic acids is 1. The van der Waals surface area contributed by atoms with Gasteiger partial charge < -0.3 is 34.0 Å². The molecule has 0 aromatic heterocycles. The Hall–Kier alpha value is -1.32. The molecule has 0 radical (unpaired) electrons. The molecule has 0 bridgehead atoms. The van der Waals surface area contributed by atoms with Crippen molar-refractivity contribution in [2.75, 3.05) is 40.9 Å². The number of phosphoric acid groups is 1. The maximum absolute atomic E-state index is 12.9. The van der Waals surface area contributed by atoms with Gasteiger partial charge in [0, 0.05) is 6.42 Å². The molecule has 0 rings (SSSR count). The summed E-state index contributed by atoms with van der Waals surface area (Å²) in [4.78, 5) is 25.5. The number of rotatable bonds is 48. The van der Waals surface area contributed by atoms with Crippen molar-refractivity contribution in [2.24, 2.45) is 0 Å². The molecule has 63 heavy (non-hydrogen) atoms. The summed E-state index contributed by atoms with van der Waals surface area (Å²) in [7, 11) is 1.10. The first kappa shape index (κ1) is 61.7. The van der Waals surface area contributed by atoms with Crippen LogP contribution in [-0.2, 0) is 18.4 Å². The van der Waals surface area contributed by atoms with Crippen LogP contribution in [0.15, 0.2) is 36.5 Å². The Labute approximate surface area is 389 Å². The lowest BCUT2D eigenvalue weighted by Crippen LogP contribution is -2.51. The smallest absolute Gasteiger partial charge is 0.268 e. The minimum Gasteiger partial charge on any atom is -0.756 e. The van der Waals surface area contributed by atoms with Gasteiger partial charge in [-0.15, -0.1) is 0 Å². The van der Waals surface area contributed by atoms with Crippen LogP contribution in [0.1, 0.15) is 239 Å². The fourth-order valence-corrected chi connectivity index (χ4v) is 8.55. The Morgan fingerprint density at radius 2 is 0.968 bits per heavy atom. The van der Waals surface area contributed by atoms with Crippen molar-refractivity contribution in [1.82, 2.24) is 5.32 Å². The summed E-state index contributed by atoms with van der Waals surface area (Å²) in [5.74, 6) is -0.292. The number of aliphatic hydroxyl groups is 2. The molecule has 0 aliphatic rings. The number of phosphoric ester groups is 1. The fraction of sp³-hybridized carbons (Fsp3) is 0.868. The molecule has 9 nitrogen and oxygen atoms in total. The Kier molecular flexibility index (Phi) is 43.6. The molecule has 0 aliphatic carbocycles. The van der Waals surface area contributed by atoms with Crippen LogP contribution in [0.5, 0.6) is 0 Å². The van der Waals surface area contributed by atoms with Gasteiger partial charge in [0.15, 0.2) is 0 Å². The van der Waals surface area contributed by atoms with Crippen LogP contribution in [0.4, 0.5) is 0 Å². The van der Waals surface area contributed by atoms with Gasteiger partial charge in [0.2, 0.25) is 5.91 Å². The lowest BCUT2D eigenvalue weighted by molar-refractivity contribution is -0.870. The summed E-state index contributed by atoms with van der Waals surface area (Å²) in [5.41, 5.74) is 0. The van der Waals surface area contributed by atoms with E-state index in [2.05, 4.69) is 48.7 Å². The molecule has 0 fully saturated rings. The molecule has 4 unspecified atom stereocenters. The van der Waals surface area contributed by atoms with Crippen LogP contribution in [-0.4, -0.2) is 79.8 Å². The third-order valence-electron chi connectivity index (χ3n) is 12.0. The van der Waals surface area contributed by atoms with E-state index in [1.165, 1.54) is 154 Å². The highest BCUT2D eigenvalue weighted by atomic mass is 31.2. The molecule has 0 heterocycles. The predicted molar refractivity (Wildman–Crippen MR) is 267 cm³/mol.